The fraction of sp³-hybridized carbons (Fsp3) is 0.231. The van der Waals surface area contributed by atoms with Crippen molar-refractivity contribution in [2.45, 2.75) is 38.1 Å². The predicted octanol–water partition coefficient (Wildman–Crippen LogP) is 5.86. The maximum absolute atomic E-state index is 12.6. The van der Waals surface area contributed by atoms with Gasteiger partial charge in [0.25, 0.3) is 0 Å². The summed E-state index contributed by atoms with van der Waals surface area (Å²) in [4.78, 5) is 28.6. The van der Waals surface area contributed by atoms with Gasteiger partial charge in [0, 0.05) is 11.4 Å². The highest BCUT2D eigenvalue weighted by Gasteiger charge is 2.42. The van der Waals surface area contributed by atoms with Gasteiger partial charge < -0.3 is 9.47 Å². The molecule has 2 aliphatic rings. The van der Waals surface area contributed by atoms with Crippen molar-refractivity contribution in [2.75, 3.05) is 9.80 Å². The first kappa shape index (κ1) is 20.1. The third kappa shape index (κ3) is 3.38. The molecule has 3 aromatic carbocycles. The van der Waals surface area contributed by atoms with E-state index in [1.807, 2.05) is 98.8 Å². The Morgan fingerprint density at radius 3 is 1.25 bits per heavy atom. The Morgan fingerprint density at radius 1 is 0.562 bits per heavy atom. The monoisotopic (exact) mass is 428 g/mol. The number of hydrogen-bond acceptors (Lipinski definition) is 4. The molecule has 0 radical (unpaired) electrons. The van der Waals surface area contributed by atoms with E-state index in [1.165, 1.54) is 0 Å². The van der Waals surface area contributed by atoms with Crippen LogP contribution in [0.4, 0.5) is 21.0 Å². The van der Waals surface area contributed by atoms with Crippen LogP contribution in [0.25, 0.3) is 0 Å². The molecular formula is C26H24N2O4. The Hall–Kier alpha value is -3.80. The number of cyclic esters (lactones) is 2. The third-order valence-electron chi connectivity index (χ3n) is 6.20. The van der Waals surface area contributed by atoms with Crippen LogP contribution < -0.4 is 9.80 Å². The van der Waals surface area contributed by atoms with Crippen LogP contribution in [0.2, 0.25) is 0 Å². The van der Waals surface area contributed by atoms with Crippen LogP contribution in [0.15, 0.2) is 84.9 Å². The Morgan fingerprint density at radius 2 is 0.906 bits per heavy atom. The molecule has 4 atom stereocenters. The molecule has 32 heavy (non-hydrogen) atoms. The fourth-order valence-electron chi connectivity index (χ4n) is 4.56. The van der Waals surface area contributed by atoms with Crippen LogP contribution in [0.1, 0.15) is 37.2 Å². The van der Waals surface area contributed by atoms with Gasteiger partial charge in [-0.05, 0) is 49.2 Å². The largest absolute Gasteiger partial charge is 0.439 e. The molecule has 4 unspecified atom stereocenters. The van der Waals surface area contributed by atoms with Gasteiger partial charge in [-0.1, -0.05) is 60.7 Å². The lowest BCUT2D eigenvalue weighted by molar-refractivity contribution is 0.133. The van der Waals surface area contributed by atoms with Gasteiger partial charge in [-0.3, -0.25) is 9.80 Å². The second-order valence-electron chi connectivity index (χ2n) is 8.17. The number of hydrogen-bond donors (Lipinski definition) is 0. The number of amides is 2. The normalized spacial score (nSPS) is 25.1. The molecule has 2 heterocycles. The predicted molar refractivity (Wildman–Crippen MR) is 122 cm³/mol. The van der Waals surface area contributed by atoms with E-state index in [9.17, 15) is 9.59 Å². The number of carbonyl (C=O) groups excluding carboxylic acids is 2. The number of nitrogens with zero attached hydrogens (tertiary/aromatic N) is 2. The molecule has 3 aromatic rings. The molecule has 0 N–H and O–H groups in total. The van der Waals surface area contributed by atoms with E-state index in [0.717, 1.165) is 22.5 Å². The first-order valence-corrected chi connectivity index (χ1v) is 10.7. The van der Waals surface area contributed by atoms with E-state index >= 15 is 0 Å². The quantitative estimate of drug-likeness (QED) is 0.522. The number of ether oxygens (including phenoxy) is 2. The smallest absolute Gasteiger partial charge is 0.415 e. The van der Waals surface area contributed by atoms with Crippen LogP contribution in [0.5, 0.6) is 0 Å². The van der Waals surface area contributed by atoms with Gasteiger partial charge in [0.15, 0.2) is 0 Å². The molecule has 0 saturated carbocycles. The topological polar surface area (TPSA) is 59.1 Å². The first-order valence-electron chi connectivity index (χ1n) is 10.7. The Kier molecular flexibility index (Phi) is 5.05. The van der Waals surface area contributed by atoms with E-state index in [0.29, 0.717) is 0 Å². The molecule has 0 spiro atoms. The zero-order chi connectivity index (χ0) is 22.2. The Bertz CT molecular complexity index is 1030. The summed E-state index contributed by atoms with van der Waals surface area (Å²) in [6.07, 6.45) is -1.42. The highest BCUT2D eigenvalue weighted by Crippen LogP contribution is 2.39. The van der Waals surface area contributed by atoms with Crippen LogP contribution in [-0.2, 0) is 9.47 Å². The highest BCUT2D eigenvalue weighted by atomic mass is 16.6. The van der Waals surface area contributed by atoms with Crippen molar-refractivity contribution in [3.8, 4) is 0 Å². The van der Waals surface area contributed by atoms with E-state index in [-0.39, 0.29) is 36.5 Å². The molecule has 162 valence electrons. The van der Waals surface area contributed by atoms with E-state index < -0.39 is 0 Å². The van der Waals surface area contributed by atoms with Crippen LogP contribution >= 0.6 is 0 Å². The molecule has 6 heteroatoms. The summed E-state index contributed by atoms with van der Waals surface area (Å²) in [7, 11) is 0. The van der Waals surface area contributed by atoms with Gasteiger partial charge in [-0.2, -0.15) is 0 Å². The fourth-order valence-corrected chi connectivity index (χ4v) is 4.56. The van der Waals surface area contributed by atoms with E-state index in [1.54, 1.807) is 9.80 Å². The van der Waals surface area contributed by atoms with Crippen LogP contribution in [0.3, 0.4) is 0 Å². The van der Waals surface area contributed by atoms with Gasteiger partial charge >= 0.3 is 12.2 Å². The zero-order valence-electron chi connectivity index (χ0n) is 17.9. The third-order valence-corrected chi connectivity index (χ3v) is 6.20. The Balaban J connectivity index is 1.36. The van der Waals surface area contributed by atoms with Crippen molar-refractivity contribution >= 4 is 23.6 Å². The molecule has 6 nitrogen and oxygen atoms in total. The maximum Gasteiger partial charge on any atom is 0.415 e. The van der Waals surface area contributed by atoms with Crippen molar-refractivity contribution in [3.63, 3.8) is 0 Å². The van der Waals surface area contributed by atoms with Crippen molar-refractivity contribution < 1.29 is 19.1 Å². The summed E-state index contributed by atoms with van der Waals surface area (Å²) >= 11 is 0. The van der Waals surface area contributed by atoms with Crippen molar-refractivity contribution in [1.29, 1.82) is 0 Å². The average molecular weight is 428 g/mol. The summed E-state index contributed by atoms with van der Waals surface area (Å²) in [5, 5.41) is 0. The van der Waals surface area contributed by atoms with Crippen LogP contribution in [-0.4, -0.2) is 24.3 Å². The molecule has 2 fully saturated rings. The molecule has 0 bridgehead atoms. The SMILES string of the molecule is CC1C(c2ccccc2)OC(=O)N1c1ccc(N2C(=O)OC(c3ccccc3)C2C)cc1. The lowest BCUT2D eigenvalue weighted by Gasteiger charge is -2.23. The summed E-state index contributed by atoms with van der Waals surface area (Å²) in [5.74, 6) is 0. The summed E-state index contributed by atoms with van der Waals surface area (Å²) in [5.41, 5.74) is 3.38. The van der Waals surface area contributed by atoms with E-state index in [4.69, 9.17) is 9.47 Å². The molecule has 2 amide bonds. The Labute approximate surface area is 187 Å². The first-order chi connectivity index (χ1) is 15.5. The van der Waals surface area contributed by atoms with Gasteiger partial charge in [0.05, 0.1) is 12.1 Å². The minimum Gasteiger partial charge on any atom is -0.439 e. The molecule has 0 aliphatic carbocycles. The van der Waals surface area contributed by atoms with E-state index in [2.05, 4.69) is 0 Å². The number of benzene rings is 3. The van der Waals surface area contributed by atoms with Crippen molar-refractivity contribution in [2.24, 2.45) is 0 Å². The lowest BCUT2D eigenvalue weighted by Crippen LogP contribution is -2.33. The molecule has 5 rings (SSSR count). The maximum atomic E-state index is 12.6. The molecule has 0 aromatic heterocycles. The number of carbonyl (C=O) groups is 2. The lowest BCUT2D eigenvalue weighted by atomic mass is 10.0. The number of rotatable bonds is 4. The summed E-state index contributed by atoms with van der Waals surface area (Å²) in [6, 6.07) is 26.5. The van der Waals surface area contributed by atoms with Gasteiger partial charge in [0.1, 0.15) is 12.2 Å². The number of anilines is 2. The van der Waals surface area contributed by atoms with Gasteiger partial charge in [0.2, 0.25) is 0 Å². The minimum absolute atomic E-state index is 0.158. The summed E-state index contributed by atoms with van der Waals surface area (Å²) in [6.45, 7) is 3.95. The van der Waals surface area contributed by atoms with Gasteiger partial charge in [-0.15, -0.1) is 0 Å². The zero-order valence-corrected chi connectivity index (χ0v) is 17.9. The standard InChI is InChI=1S/C26H24N2O4/c1-17-23(19-9-5-3-6-10-19)31-25(29)27(17)21-13-15-22(16-14-21)28-18(2)24(32-26(28)30)20-11-7-4-8-12-20/h3-18,23-24H,1-2H3. The molecule has 2 saturated heterocycles. The average Bonchev–Trinajstić information content (AvgIpc) is 3.29. The minimum atomic E-state index is -0.378. The molecule has 2 aliphatic heterocycles. The van der Waals surface area contributed by atoms with Crippen molar-refractivity contribution in [1.82, 2.24) is 0 Å². The van der Waals surface area contributed by atoms with Crippen molar-refractivity contribution in [3.05, 3.63) is 96.1 Å². The summed E-state index contributed by atoms with van der Waals surface area (Å²) < 4.78 is 11.3. The van der Waals surface area contributed by atoms with Crippen LogP contribution in [0, 0.1) is 0 Å². The second-order valence-corrected chi connectivity index (χ2v) is 8.17. The molecular weight excluding hydrogens is 404 g/mol. The second kappa shape index (κ2) is 8.04. The van der Waals surface area contributed by atoms with Gasteiger partial charge in [-0.25, -0.2) is 9.59 Å². The highest BCUT2D eigenvalue weighted by molar-refractivity contribution is 5.93.